The van der Waals surface area contributed by atoms with Crippen LogP contribution >= 0.6 is 0 Å². The van der Waals surface area contributed by atoms with Crippen LogP contribution in [0.3, 0.4) is 0 Å². The molecule has 0 aliphatic carbocycles. The summed E-state index contributed by atoms with van der Waals surface area (Å²) in [5.74, 6) is 0. The molecule has 2 saturated heterocycles. The van der Waals surface area contributed by atoms with Crippen LogP contribution in [0, 0.1) is 0 Å². The summed E-state index contributed by atoms with van der Waals surface area (Å²) in [6, 6.07) is 0. The van der Waals surface area contributed by atoms with Crippen LogP contribution in [0.2, 0.25) is 0 Å². The van der Waals surface area contributed by atoms with Crippen molar-refractivity contribution < 1.29 is 19.0 Å². The highest BCUT2D eigenvalue weighted by Crippen LogP contribution is 2.39. The summed E-state index contributed by atoms with van der Waals surface area (Å²) in [5.41, 5.74) is 0. The van der Waals surface area contributed by atoms with E-state index in [4.69, 9.17) is 9.47 Å². The number of hydrogen-bond donors (Lipinski definition) is 0. The summed E-state index contributed by atoms with van der Waals surface area (Å²) in [7, 11) is 0. The van der Waals surface area contributed by atoms with Gasteiger partial charge in [0.15, 0.2) is 12.4 Å². The van der Waals surface area contributed by atoms with Gasteiger partial charge in [0.25, 0.3) is 6.47 Å². The molecule has 8 heavy (non-hydrogen) atoms. The van der Waals surface area contributed by atoms with Gasteiger partial charge in [-0.1, -0.05) is 0 Å². The van der Waals surface area contributed by atoms with Gasteiger partial charge in [-0.25, -0.2) is 0 Å². The zero-order valence-corrected chi connectivity index (χ0v) is 3.94. The van der Waals surface area contributed by atoms with E-state index in [1.165, 1.54) is 0 Å². The first-order chi connectivity index (χ1) is 3.92. The van der Waals surface area contributed by atoms with Crippen LogP contribution in [0.1, 0.15) is 0 Å². The van der Waals surface area contributed by atoms with Gasteiger partial charge in [0.2, 0.25) is 6.29 Å². The van der Waals surface area contributed by atoms with Crippen molar-refractivity contribution >= 4 is 6.47 Å². The van der Waals surface area contributed by atoms with Gasteiger partial charge < -0.3 is 14.2 Å². The molecule has 0 aromatic heterocycles. The molecule has 0 bridgehead atoms. The minimum Gasteiger partial charge on any atom is -0.435 e. The molecule has 4 nitrogen and oxygen atoms in total. The van der Waals surface area contributed by atoms with Gasteiger partial charge in [0.1, 0.15) is 0 Å². The average Bonchev–Trinajstić information content (AvgIpc) is 2.36. The first-order valence-electron chi connectivity index (χ1n) is 2.32. The average molecular weight is 116 g/mol. The predicted octanol–water partition coefficient (Wildman–Crippen LogP) is -0.759. The number of carbonyl (C=O) groups is 1. The normalized spacial score (nSPS) is 48.8. The largest absolute Gasteiger partial charge is 0.435 e. The van der Waals surface area contributed by atoms with Crippen LogP contribution in [-0.2, 0) is 19.0 Å². The van der Waals surface area contributed by atoms with E-state index >= 15 is 0 Å². The third-order valence-electron chi connectivity index (χ3n) is 1.21. The van der Waals surface area contributed by atoms with E-state index < -0.39 is 6.29 Å². The van der Waals surface area contributed by atoms with Gasteiger partial charge in [0, 0.05) is 0 Å². The molecule has 0 saturated carbocycles. The predicted molar refractivity (Wildman–Crippen MR) is 20.7 cm³/mol. The molecule has 3 atom stereocenters. The lowest BCUT2D eigenvalue weighted by atomic mass is 10.3. The smallest absolute Gasteiger partial charge is 0.295 e. The van der Waals surface area contributed by atoms with Crippen molar-refractivity contribution in [2.45, 2.75) is 18.7 Å². The molecule has 0 amide bonds. The maximum atomic E-state index is 9.61. The Bertz CT molecular complexity index is 123. The van der Waals surface area contributed by atoms with E-state index in [0.29, 0.717) is 6.47 Å². The van der Waals surface area contributed by atoms with E-state index in [0.717, 1.165) is 0 Å². The summed E-state index contributed by atoms with van der Waals surface area (Å²) in [4.78, 5) is 9.61. The van der Waals surface area contributed by atoms with E-state index in [9.17, 15) is 4.79 Å². The van der Waals surface area contributed by atoms with Crippen molar-refractivity contribution in [3.63, 3.8) is 0 Å². The SMILES string of the molecule is O=COC1OC2OC12. The fraction of sp³-hybridized carbons (Fsp3) is 0.750. The summed E-state index contributed by atoms with van der Waals surface area (Å²) in [6.45, 7) is 0.364. The molecular weight excluding hydrogens is 112 g/mol. The second-order valence-electron chi connectivity index (χ2n) is 1.71. The quantitative estimate of drug-likeness (QED) is 0.351. The van der Waals surface area contributed by atoms with Crippen molar-refractivity contribution in [3.8, 4) is 0 Å². The molecule has 4 heteroatoms. The molecule has 2 rings (SSSR count). The maximum Gasteiger partial charge on any atom is 0.295 e. The van der Waals surface area contributed by atoms with E-state index in [1.807, 2.05) is 0 Å². The molecule has 2 aliphatic heterocycles. The summed E-state index contributed by atoms with van der Waals surface area (Å²) < 4.78 is 14.0. The zero-order valence-electron chi connectivity index (χ0n) is 3.94. The Labute approximate surface area is 45.3 Å². The van der Waals surface area contributed by atoms with Gasteiger partial charge in [0.05, 0.1) is 0 Å². The van der Waals surface area contributed by atoms with Crippen molar-refractivity contribution in [1.82, 2.24) is 0 Å². The fourth-order valence-corrected chi connectivity index (χ4v) is 0.696. The van der Waals surface area contributed by atoms with Gasteiger partial charge in [-0.05, 0) is 0 Å². The molecule has 3 unspecified atom stereocenters. The third kappa shape index (κ3) is 0.387. The number of hydrogen-bond acceptors (Lipinski definition) is 4. The Morgan fingerprint density at radius 2 is 2.38 bits per heavy atom. The standard InChI is InChI=1S/C4H4O4/c5-1-6-3-2-4(7-2)8-3/h1-4H. The Balaban J connectivity index is 1.83. The number of epoxide rings is 1. The zero-order chi connectivity index (χ0) is 5.56. The highest BCUT2D eigenvalue weighted by Gasteiger charge is 2.60. The molecule has 0 radical (unpaired) electrons. The summed E-state index contributed by atoms with van der Waals surface area (Å²) in [5, 5.41) is 0. The minimum absolute atomic E-state index is 0.0419. The van der Waals surface area contributed by atoms with Crippen LogP contribution < -0.4 is 0 Å². The van der Waals surface area contributed by atoms with Crippen molar-refractivity contribution in [2.24, 2.45) is 0 Å². The number of fused-ring (bicyclic) bond motifs is 1. The van der Waals surface area contributed by atoms with Gasteiger partial charge >= 0.3 is 0 Å². The maximum absolute atomic E-state index is 9.61. The van der Waals surface area contributed by atoms with Gasteiger partial charge in [-0.15, -0.1) is 0 Å². The van der Waals surface area contributed by atoms with Crippen LogP contribution in [0.5, 0.6) is 0 Å². The monoisotopic (exact) mass is 116 g/mol. The van der Waals surface area contributed by atoms with Crippen molar-refractivity contribution in [2.75, 3.05) is 0 Å². The van der Waals surface area contributed by atoms with Gasteiger partial charge in [-0.2, -0.15) is 0 Å². The van der Waals surface area contributed by atoms with Crippen LogP contribution in [-0.4, -0.2) is 25.2 Å². The lowest BCUT2D eigenvalue weighted by Crippen LogP contribution is -2.35. The minimum atomic E-state index is -0.419. The molecule has 2 aliphatic rings. The molecule has 0 aromatic carbocycles. The highest BCUT2D eigenvalue weighted by atomic mass is 16.9. The Morgan fingerprint density at radius 1 is 1.50 bits per heavy atom. The first-order valence-corrected chi connectivity index (χ1v) is 2.32. The van der Waals surface area contributed by atoms with Crippen molar-refractivity contribution in [1.29, 1.82) is 0 Å². The summed E-state index contributed by atoms with van der Waals surface area (Å²) >= 11 is 0. The molecule has 44 valence electrons. The molecule has 2 fully saturated rings. The Hall–Kier alpha value is -0.610. The second-order valence-corrected chi connectivity index (χ2v) is 1.71. The van der Waals surface area contributed by atoms with E-state index in [1.54, 1.807) is 0 Å². The summed E-state index contributed by atoms with van der Waals surface area (Å²) in [6.07, 6.45) is -0.447. The van der Waals surface area contributed by atoms with Crippen LogP contribution in [0.15, 0.2) is 0 Å². The van der Waals surface area contributed by atoms with E-state index in [-0.39, 0.29) is 12.4 Å². The number of carbonyl (C=O) groups excluding carboxylic acids is 1. The van der Waals surface area contributed by atoms with Gasteiger partial charge in [-0.3, -0.25) is 4.79 Å². The number of rotatable bonds is 2. The van der Waals surface area contributed by atoms with Crippen molar-refractivity contribution in [3.05, 3.63) is 0 Å². The molecule has 0 spiro atoms. The fourth-order valence-electron chi connectivity index (χ4n) is 0.696. The lowest BCUT2D eigenvalue weighted by Gasteiger charge is -2.17. The second kappa shape index (κ2) is 1.21. The molecular formula is C4H4O4. The topological polar surface area (TPSA) is 48.1 Å². The molecule has 0 aromatic rings. The molecule has 2 heterocycles. The van der Waals surface area contributed by atoms with E-state index in [2.05, 4.69) is 4.74 Å². The Kier molecular flexibility index (Phi) is 0.648. The molecule has 0 N–H and O–H groups in total. The highest BCUT2D eigenvalue weighted by molar-refractivity contribution is 5.37. The number of ether oxygens (including phenoxy) is 3. The Morgan fingerprint density at radius 3 is 2.75 bits per heavy atom. The van der Waals surface area contributed by atoms with Crippen LogP contribution in [0.4, 0.5) is 0 Å². The first kappa shape index (κ1) is 4.29. The third-order valence-corrected chi connectivity index (χ3v) is 1.21. The van der Waals surface area contributed by atoms with Crippen LogP contribution in [0.25, 0.3) is 0 Å². The lowest BCUT2D eigenvalue weighted by molar-refractivity contribution is -0.196.